The molecule has 5 rings (SSSR count). The number of benzene rings is 1. The lowest BCUT2D eigenvalue weighted by Gasteiger charge is -2.36. The highest BCUT2D eigenvalue weighted by atomic mass is 19.1. The molecule has 0 saturated carbocycles. The Labute approximate surface area is 254 Å². The van der Waals surface area contributed by atoms with Crippen molar-refractivity contribution in [2.24, 2.45) is 7.05 Å². The first-order valence-electron chi connectivity index (χ1n) is 14.0. The second-order valence-corrected chi connectivity index (χ2v) is 11.3. The summed E-state index contributed by atoms with van der Waals surface area (Å²) in [5.41, 5.74) is 1.56. The minimum absolute atomic E-state index is 0.0326. The van der Waals surface area contributed by atoms with Crippen LogP contribution in [-0.4, -0.2) is 99.1 Å². The number of fused-ring (bicyclic) bond motifs is 1. The molecule has 13 nitrogen and oxygen atoms in total. The highest BCUT2D eigenvalue weighted by Gasteiger charge is 2.30. The van der Waals surface area contributed by atoms with Gasteiger partial charge in [0.15, 0.2) is 17.2 Å². The van der Waals surface area contributed by atoms with Gasteiger partial charge in [0.25, 0.3) is 0 Å². The van der Waals surface area contributed by atoms with Crippen molar-refractivity contribution in [3.63, 3.8) is 0 Å². The van der Waals surface area contributed by atoms with Crippen LogP contribution in [0.4, 0.5) is 20.7 Å². The molecule has 0 radical (unpaired) electrons. The summed E-state index contributed by atoms with van der Waals surface area (Å²) in [5, 5.41) is 4.19. The Kier molecular flexibility index (Phi) is 8.52. The van der Waals surface area contributed by atoms with E-state index in [0.29, 0.717) is 48.8 Å². The summed E-state index contributed by atoms with van der Waals surface area (Å²) in [4.78, 5) is 44.7. The molecule has 0 aliphatic carbocycles. The molecule has 3 aromatic heterocycles. The molecule has 1 aliphatic heterocycles. The molecule has 1 fully saturated rings. The van der Waals surface area contributed by atoms with Gasteiger partial charge in [0.1, 0.15) is 29.2 Å². The molecule has 1 aromatic carbocycles. The molecule has 0 N–H and O–H groups in total. The van der Waals surface area contributed by atoms with Crippen LogP contribution in [0.15, 0.2) is 42.9 Å². The molecule has 0 bridgehead atoms. The number of aryl methyl sites for hydroxylation is 1. The molecule has 0 spiro atoms. The van der Waals surface area contributed by atoms with Gasteiger partial charge in [0, 0.05) is 57.1 Å². The number of methoxy groups -OCH3 is 2. The van der Waals surface area contributed by atoms with Crippen LogP contribution < -0.4 is 14.4 Å². The highest BCUT2D eigenvalue weighted by Crippen LogP contribution is 2.36. The summed E-state index contributed by atoms with van der Waals surface area (Å²) >= 11 is 0. The topological polar surface area (TPSA) is 128 Å². The molecule has 232 valence electrons. The van der Waals surface area contributed by atoms with Gasteiger partial charge in [0.05, 0.1) is 38.0 Å². The van der Waals surface area contributed by atoms with Gasteiger partial charge < -0.3 is 28.9 Å². The van der Waals surface area contributed by atoms with E-state index in [-0.39, 0.29) is 29.7 Å². The van der Waals surface area contributed by atoms with Crippen LogP contribution in [0.5, 0.6) is 11.5 Å². The number of piperazine rings is 1. The van der Waals surface area contributed by atoms with E-state index in [2.05, 4.69) is 15.1 Å². The van der Waals surface area contributed by atoms with Gasteiger partial charge in [-0.3, -0.25) is 14.5 Å². The zero-order valence-electron chi connectivity index (χ0n) is 25.6. The molecule has 2 amide bonds. The van der Waals surface area contributed by atoms with Crippen LogP contribution in [0.2, 0.25) is 0 Å². The van der Waals surface area contributed by atoms with E-state index in [0.717, 1.165) is 5.56 Å². The zero-order chi connectivity index (χ0) is 31.6. The number of pyridine rings is 1. The Bertz CT molecular complexity index is 1680. The summed E-state index contributed by atoms with van der Waals surface area (Å²) in [6, 6.07) is 6.27. The number of amides is 2. The fourth-order valence-electron chi connectivity index (χ4n) is 4.74. The SMILES string of the molecule is COc1cc(OC)c(F)c(N(CC(=O)N2CCN(C(=O)OC(C)(C)C)CC2)c2ccc3ncc(-c4cnn(C)c4)nc3n2)c1. The number of carbonyl (C=O) groups is 2. The first kappa shape index (κ1) is 30.4. The number of hydrogen-bond donors (Lipinski definition) is 0. The van der Waals surface area contributed by atoms with Crippen molar-refractivity contribution in [1.29, 1.82) is 0 Å². The molecule has 1 saturated heterocycles. The summed E-state index contributed by atoms with van der Waals surface area (Å²) in [6.45, 7) is 6.36. The molecule has 14 heteroatoms. The molecule has 0 unspecified atom stereocenters. The maximum absolute atomic E-state index is 15.8. The molecular formula is C30H35FN8O5. The predicted molar refractivity (Wildman–Crippen MR) is 160 cm³/mol. The van der Waals surface area contributed by atoms with E-state index in [1.807, 2.05) is 6.20 Å². The lowest BCUT2D eigenvalue weighted by molar-refractivity contribution is -0.131. The van der Waals surface area contributed by atoms with Crippen LogP contribution in [0.25, 0.3) is 22.4 Å². The molecule has 0 atom stereocenters. The van der Waals surface area contributed by atoms with Gasteiger partial charge in [0.2, 0.25) is 5.91 Å². The molecule has 44 heavy (non-hydrogen) atoms. The van der Waals surface area contributed by atoms with Crippen molar-refractivity contribution in [2.75, 3.05) is 51.8 Å². The van der Waals surface area contributed by atoms with Crippen molar-refractivity contribution in [1.82, 2.24) is 34.5 Å². The van der Waals surface area contributed by atoms with E-state index in [4.69, 9.17) is 19.2 Å². The third-order valence-electron chi connectivity index (χ3n) is 6.99. The Morgan fingerprint density at radius 3 is 2.36 bits per heavy atom. The fourth-order valence-corrected chi connectivity index (χ4v) is 4.74. The number of nitrogens with zero attached hydrogens (tertiary/aromatic N) is 8. The summed E-state index contributed by atoms with van der Waals surface area (Å²) in [6.07, 6.45) is 4.69. The molecule has 1 aliphatic rings. The number of rotatable bonds is 7. The van der Waals surface area contributed by atoms with Gasteiger partial charge in [-0.2, -0.15) is 5.10 Å². The number of hydrogen-bond acceptors (Lipinski definition) is 10. The van der Waals surface area contributed by atoms with Crippen LogP contribution >= 0.6 is 0 Å². The quantitative estimate of drug-likeness (QED) is 0.306. The maximum Gasteiger partial charge on any atom is 0.410 e. The van der Waals surface area contributed by atoms with Gasteiger partial charge in [-0.15, -0.1) is 0 Å². The van der Waals surface area contributed by atoms with Gasteiger partial charge in [-0.05, 0) is 32.9 Å². The summed E-state index contributed by atoms with van der Waals surface area (Å²) < 4.78 is 33.6. The Hall–Kier alpha value is -5.01. The molecule has 4 aromatic rings. The van der Waals surface area contributed by atoms with E-state index >= 15 is 4.39 Å². The minimum atomic E-state index is -0.687. The normalized spacial score (nSPS) is 13.6. The van der Waals surface area contributed by atoms with Crippen molar-refractivity contribution >= 4 is 34.7 Å². The van der Waals surface area contributed by atoms with E-state index in [1.54, 1.807) is 66.8 Å². The van der Waals surface area contributed by atoms with Crippen molar-refractivity contribution in [3.05, 3.63) is 48.7 Å². The summed E-state index contributed by atoms with van der Waals surface area (Å²) in [7, 11) is 4.61. The fraction of sp³-hybridized carbons (Fsp3) is 0.400. The van der Waals surface area contributed by atoms with Gasteiger partial charge >= 0.3 is 6.09 Å². The molecule has 4 heterocycles. The van der Waals surface area contributed by atoms with Crippen molar-refractivity contribution < 1.29 is 28.2 Å². The first-order valence-corrected chi connectivity index (χ1v) is 14.0. The van der Waals surface area contributed by atoms with Crippen molar-refractivity contribution in [3.8, 4) is 22.8 Å². The van der Waals surface area contributed by atoms with Crippen LogP contribution in [0, 0.1) is 5.82 Å². The standard InChI is InChI=1S/C30H35FN8O5/c1-30(2,3)44-29(41)38-11-9-37(10-12-38)26(40)18-39(23-13-20(42-5)14-24(43-6)27(23)31)25-8-7-21-28(35-25)34-22(16-32-21)19-15-33-36(4)17-19/h7-8,13-17H,9-12,18H2,1-6H3. The number of aromatic nitrogens is 5. The smallest absolute Gasteiger partial charge is 0.410 e. The highest BCUT2D eigenvalue weighted by molar-refractivity contribution is 5.86. The monoisotopic (exact) mass is 606 g/mol. The van der Waals surface area contributed by atoms with Crippen LogP contribution in [-0.2, 0) is 16.6 Å². The lowest BCUT2D eigenvalue weighted by atomic mass is 10.2. The third kappa shape index (κ3) is 6.63. The van der Waals surface area contributed by atoms with Gasteiger partial charge in [-0.1, -0.05) is 0 Å². The number of carbonyl (C=O) groups excluding carboxylic acids is 2. The van der Waals surface area contributed by atoms with Crippen molar-refractivity contribution in [2.45, 2.75) is 26.4 Å². The minimum Gasteiger partial charge on any atom is -0.497 e. The van der Waals surface area contributed by atoms with E-state index in [1.165, 1.54) is 31.3 Å². The average Bonchev–Trinajstić information content (AvgIpc) is 3.45. The second kappa shape index (κ2) is 12.3. The maximum atomic E-state index is 15.8. The first-order chi connectivity index (χ1) is 21.0. The van der Waals surface area contributed by atoms with Crippen LogP contribution in [0.3, 0.4) is 0 Å². The number of ether oxygens (including phenoxy) is 3. The van der Waals surface area contributed by atoms with E-state index in [9.17, 15) is 9.59 Å². The van der Waals surface area contributed by atoms with E-state index < -0.39 is 17.5 Å². The number of anilines is 2. The Morgan fingerprint density at radius 1 is 1.00 bits per heavy atom. The third-order valence-corrected chi connectivity index (χ3v) is 6.99. The van der Waals surface area contributed by atoms with Crippen LogP contribution in [0.1, 0.15) is 20.8 Å². The number of halogens is 1. The van der Waals surface area contributed by atoms with Gasteiger partial charge in [-0.25, -0.2) is 19.2 Å². The Balaban J connectivity index is 1.47. The zero-order valence-corrected chi connectivity index (χ0v) is 25.6. The summed E-state index contributed by atoms with van der Waals surface area (Å²) in [5.74, 6) is -0.423. The second-order valence-electron chi connectivity index (χ2n) is 11.3. The average molecular weight is 607 g/mol. The predicted octanol–water partition coefficient (Wildman–Crippen LogP) is 3.80. The lowest BCUT2D eigenvalue weighted by Crippen LogP contribution is -2.53. The Morgan fingerprint density at radius 2 is 1.73 bits per heavy atom. The largest absolute Gasteiger partial charge is 0.497 e. The molecular weight excluding hydrogens is 571 g/mol.